The number of amidine groups is 1. The van der Waals surface area contributed by atoms with Gasteiger partial charge in [0.25, 0.3) is 0 Å². The maximum absolute atomic E-state index is 14.9. The van der Waals surface area contributed by atoms with Crippen LogP contribution in [0.15, 0.2) is 65.7 Å². The quantitative estimate of drug-likeness (QED) is 0.252. The molecule has 2 aliphatic heterocycles. The fourth-order valence-electron chi connectivity index (χ4n) is 6.28. The SMILES string of the molecule is CCOc1cc(C(C)(C)C#N)c(Cl)cc1C1=N[C@@H](c2ccc(Cl)cc2)[C@@H](c2ccc(Cl)cc2)N1C(=O)N1CCN(CC(=O)N(C)CCN)CC1. The van der Waals surface area contributed by atoms with E-state index in [0.717, 1.165) is 11.1 Å². The molecule has 0 aromatic heterocycles. The third-order valence-corrected chi connectivity index (χ3v) is 9.97. The van der Waals surface area contributed by atoms with Gasteiger partial charge in [0.2, 0.25) is 5.91 Å². The molecule has 2 heterocycles. The van der Waals surface area contributed by atoms with Crippen LogP contribution in [0, 0.1) is 11.3 Å². The zero-order valence-corrected chi connectivity index (χ0v) is 31.0. The highest BCUT2D eigenvalue weighted by Gasteiger charge is 2.45. The number of nitrogens with two attached hydrogens (primary N) is 1. The molecule has 1 fully saturated rings. The van der Waals surface area contributed by atoms with E-state index in [2.05, 4.69) is 6.07 Å². The summed E-state index contributed by atoms with van der Waals surface area (Å²) < 4.78 is 6.17. The van der Waals surface area contributed by atoms with Gasteiger partial charge in [-0.3, -0.25) is 19.6 Å². The van der Waals surface area contributed by atoms with Gasteiger partial charge in [0.15, 0.2) is 0 Å². The van der Waals surface area contributed by atoms with Crippen molar-refractivity contribution in [2.24, 2.45) is 10.7 Å². The third kappa shape index (κ3) is 8.03. The molecule has 5 rings (SSSR count). The summed E-state index contributed by atoms with van der Waals surface area (Å²) in [6.45, 7) is 8.79. The lowest BCUT2D eigenvalue weighted by atomic mass is 9.85. The maximum atomic E-state index is 14.9. The number of hydrogen-bond donors (Lipinski definition) is 1. The van der Waals surface area contributed by atoms with Crippen LogP contribution in [0.1, 0.15) is 55.1 Å². The first kappa shape index (κ1) is 37.4. The lowest BCUT2D eigenvalue weighted by Gasteiger charge is -2.39. The largest absolute Gasteiger partial charge is 0.493 e. The summed E-state index contributed by atoms with van der Waals surface area (Å²) in [5.74, 6) is 0.840. The van der Waals surface area contributed by atoms with Crippen molar-refractivity contribution in [1.82, 2.24) is 19.6 Å². The van der Waals surface area contributed by atoms with E-state index in [1.165, 1.54) is 0 Å². The third-order valence-electron chi connectivity index (χ3n) is 9.15. The molecule has 1 saturated heterocycles. The van der Waals surface area contributed by atoms with E-state index in [1.807, 2.05) is 48.2 Å². The minimum Gasteiger partial charge on any atom is -0.493 e. The molecular weight excluding hydrogens is 697 g/mol. The number of hydrogen-bond acceptors (Lipinski definition) is 7. The van der Waals surface area contributed by atoms with Gasteiger partial charge in [0.05, 0.1) is 36.2 Å². The lowest BCUT2D eigenvalue weighted by Crippen LogP contribution is -2.55. The monoisotopic (exact) mass is 737 g/mol. The van der Waals surface area contributed by atoms with Crippen molar-refractivity contribution in [3.63, 3.8) is 0 Å². The van der Waals surface area contributed by atoms with E-state index < -0.39 is 17.5 Å². The summed E-state index contributed by atoms with van der Waals surface area (Å²) in [7, 11) is 1.74. The van der Waals surface area contributed by atoms with Crippen LogP contribution in [0.2, 0.25) is 15.1 Å². The molecule has 3 aromatic carbocycles. The lowest BCUT2D eigenvalue weighted by molar-refractivity contribution is -0.131. The summed E-state index contributed by atoms with van der Waals surface area (Å²) in [4.78, 5) is 40.1. The number of carbonyl (C=O) groups excluding carboxylic acids is 2. The summed E-state index contributed by atoms with van der Waals surface area (Å²) in [5, 5.41) is 11.4. The molecule has 50 heavy (non-hydrogen) atoms. The Hall–Kier alpha value is -3.85. The molecule has 2 aliphatic rings. The van der Waals surface area contributed by atoms with E-state index in [4.69, 9.17) is 50.3 Å². The summed E-state index contributed by atoms with van der Waals surface area (Å²) in [6.07, 6.45) is 0. The second-order valence-electron chi connectivity index (χ2n) is 13.0. The number of aliphatic imine (C=N–C) groups is 1. The molecule has 0 bridgehead atoms. The molecule has 0 unspecified atom stereocenters. The minimum atomic E-state index is -0.897. The van der Waals surface area contributed by atoms with Gasteiger partial charge in [-0.25, -0.2) is 4.79 Å². The number of piperazine rings is 1. The van der Waals surface area contributed by atoms with Crippen LogP contribution >= 0.6 is 34.8 Å². The van der Waals surface area contributed by atoms with Crippen LogP contribution in [0.3, 0.4) is 0 Å². The molecule has 3 amide bonds. The fourth-order valence-corrected chi connectivity index (χ4v) is 6.93. The van der Waals surface area contributed by atoms with Crippen molar-refractivity contribution in [3.8, 4) is 11.8 Å². The van der Waals surface area contributed by atoms with E-state index in [1.54, 1.807) is 59.9 Å². The molecule has 0 aliphatic carbocycles. The summed E-state index contributed by atoms with van der Waals surface area (Å²) >= 11 is 19.5. The molecule has 264 valence electrons. The molecule has 3 aromatic rings. The topological polar surface area (TPSA) is 118 Å². The van der Waals surface area contributed by atoms with E-state index in [0.29, 0.717) is 83.7 Å². The molecule has 2 atom stereocenters. The first-order valence-electron chi connectivity index (χ1n) is 16.6. The van der Waals surface area contributed by atoms with Crippen LogP contribution in [-0.2, 0) is 10.2 Å². The van der Waals surface area contributed by atoms with Crippen LogP contribution < -0.4 is 10.5 Å². The Morgan fingerprint density at radius 2 is 1.60 bits per heavy atom. The number of halogens is 3. The van der Waals surface area contributed by atoms with Gasteiger partial charge in [-0.1, -0.05) is 59.1 Å². The Bertz CT molecular complexity index is 1770. The Balaban J connectivity index is 1.60. The first-order chi connectivity index (χ1) is 23.9. The van der Waals surface area contributed by atoms with E-state index >= 15 is 0 Å². The number of benzene rings is 3. The van der Waals surface area contributed by atoms with Crippen molar-refractivity contribution in [2.45, 2.75) is 38.3 Å². The summed E-state index contributed by atoms with van der Waals surface area (Å²) in [5.41, 5.74) is 7.58. The highest BCUT2D eigenvalue weighted by molar-refractivity contribution is 6.32. The van der Waals surface area contributed by atoms with Crippen molar-refractivity contribution in [1.29, 1.82) is 5.26 Å². The highest BCUT2D eigenvalue weighted by atomic mass is 35.5. The highest BCUT2D eigenvalue weighted by Crippen LogP contribution is 2.46. The molecule has 0 spiro atoms. The van der Waals surface area contributed by atoms with Crippen LogP contribution in [-0.4, -0.2) is 96.8 Å². The van der Waals surface area contributed by atoms with Gasteiger partial charge >= 0.3 is 6.03 Å². The van der Waals surface area contributed by atoms with E-state index in [-0.39, 0.29) is 18.5 Å². The number of nitrogens with zero attached hydrogens (tertiary/aromatic N) is 6. The zero-order chi connectivity index (χ0) is 36.2. The molecule has 13 heteroatoms. The molecule has 2 N–H and O–H groups in total. The number of nitriles is 1. The van der Waals surface area contributed by atoms with Crippen molar-refractivity contribution >= 4 is 52.6 Å². The van der Waals surface area contributed by atoms with Crippen LogP contribution in [0.4, 0.5) is 4.79 Å². The average Bonchev–Trinajstić information content (AvgIpc) is 3.50. The Labute approximate surface area is 308 Å². The molecule has 0 saturated carbocycles. The number of rotatable bonds is 10. The minimum absolute atomic E-state index is 0.0128. The number of amides is 3. The van der Waals surface area contributed by atoms with Crippen molar-refractivity contribution in [2.75, 3.05) is 59.5 Å². The average molecular weight is 739 g/mol. The van der Waals surface area contributed by atoms with Gasteiger partial charge < -0.3 is 20.3 Å². The number of ether oxygens (including phenoxy) is 1. The predicted molar refractivity (Wildman–Crippen MR) is 198 cm³/mol. The number of likely N-dealkylation sites (N-methyl/N-ethyl adjacent to an activating group) is 1. The summed E-state index contributed by atoms with van der Waals surface area (Å²) in [6, 6.07) is 19.4. The maximum Gasteiger partial charge on any atom is 0.326 e. The van der Waals surface area contributed by atoms with Gasteiger partial charge in [-0.05, 0) is 73.9 Å². The number of urea groups is 1. The van der Waals surface area contributed by atoms with Gasteiger partial charge in [-0.2, -0.15) is 5.26 Å². The van der Waals surface area contributed by atoms with E-state index in [9.17, 15) is 14.9 Å². The number of carbonyl (C=O) groups is 2. The van der Waals surface area contributed by atoms with Gasteiger partial charge in [-0.15, -0.1) is 0 Å². The molecular formula is C37H42Cl3N7O3. The zero-order valence-electron chi connectivity index (χ0n) is 28.7. The smallest absolute Gasteiger partial charge is 0.326 e. The molecule has 0 radical (unpaired) electrons. The first-order valence-corrected chi connectivity index (χ1v) is 17.7. The Kier molecular flexibility index (Phi) is 12.0. The van der Waals surface area contributed by atoms with Gasteiger partial charge in [0.1, 0.15) is 17.6 Å². The second-order valence-corrected chi connectivity index (χ2v) is 14.2. The van der Waals surface area contributed by atoms with Gasteiger partial charge in [0, 0.05) is 61.4 Å². The predicted octanol–water partition coefficient (Wildman–Crippen LogP) is 6.55. The second kappa shape index (κ2) is 16.0. The molecule has 10 nitrogen and oxygen atoms in total. The normalized spacial score (nSPS) is 18.1. The standard InChI is InChI=1S/C37H42Cl3N7O3/c1-5-50-31-21-29(37(2,3)23-42)30(40)20-28(31)35-43-33(24-6-10-26(38)11-7-24)34(25-8-12-27(39)13-9-25)47(35)36(49)46-18-16-45(17-19-46)22-32(48)44(4)15-14-41/h6-13,20-21,33-34H,5,14-19,22,41H2,1-4H3/t33-,34+/m0/s1. The van der Waals surface area contributed by atoms with Crippen molar-refractivity contribution < 1.29 is 14.3 Å². The Morgan fingerprint density at radius 3 is 2.16 bits per heavy atom. The van der Waals surface area contributed by atoms with Crippen LogP contribution in [0.25, 0.3) is 0 Å². The van der Waals surface area contributed by atoms with Crippen molar-refractivity contribution in [3.05, 3.63) is 98.0 Å². The fraction of sp³-hybridized carbons (Fsp3) is 0.405. The van der Waals surface area contributed by atoms with Crippen LogP contribution in [0.5, 0.6) is 5.75 Å². The Morgan fingerprint density at radius 1 is 1.00 bits per heavy atom.